The number of nitrogens with zero attached hydrogens (tertiary/aromatic N) is 3. The van der Waals surface area contributed by atoms with Crippen molar-refractivity contribution < 1.29 is 4.79 Å². The van der Waals surface area contributed by atoms with Crippen molar-refractivity contribution in [3.8, 4) is 11.5 Å². The molecule has 0 amide bonds. The van der Waals surface area contributed by atoms with E-state index in [0.717, 1.165) is 0 Å². The molecular formula is C12H11N3O. The number of pyridine rings is 1. The topological polar surface area (TPSA) is 55.7 Å². The van der Waals surface area contributed by atoms with Gasteiger partial charge in [0.15, 0.2) is 11.6 Å². The average Bonchev–Trinajstić information content (AvgIpc) is 2.39. The minimum atomic E-state index is 0.0487. The Kier molecular flexibility index (Phi) is 3.00. The van der Waals surface area contributed by atoms with Gasteiger partial charge < -0.3 is 0 Å². The van der Waals surface area contributed by atoms with E-state index < -0.39 is 0 Å². The second kappa shape index (κ2) is 4.61. The van der Waals surface area contributed by atoms with Gasteiger partial charge in [0.1, 0.15) is 5.69 Å². The Hall–Kier alpha value is -2.10. The lowest BCUT2D eigenvalue weighted by molar-refractivity contribution is 0.0987. The number of hydrogen-bond acceptors (Lipinski definition) is 4. The van der Waals surface area contributed by atoms with Crippen LogP contribution in [0, 0.1) is 0 Å². The van der Waals surface area contributed by atoms with Crippen LogP contribution in [0.5, 0.6) is 0 Å². The van der Waals surface area contributed by atoms with Gasteiger partial charge in [-0.2, -0.15) is 0 Å². The van der Waals surface area contributed by atoms with Crippen molar-refractivity contribution in [1.82, 2.24) is 15.0 Å². The van der Waals surface area contributed by atoms with Crippen LogP contribution in [0.3, 0.4) is 0 Å². The predicted molar refractivity (Wildman–Crippen MR) is 59.9 cm³/mol. The summed E-state index contributed by atoms with van der Waals surface area (Å²) in [6.45, 7) is 1.81. The Balaban J connectivity index is 2.30. The molecular weight excluding hydrogens is 202 g/mol. The van der Waals surface area contributed by atoms with Crippen LogP contribution < -0.4 is 0 Å². The maximum Gasteiger partial charge on any atom is 0.178 e. The van der Waals surface area contributed by atoms with Gasteiger partial charge in [-0.15, -0.1) is 0 Å². The van der Waals surface area contributed by atoms with Crippen LogP contribution in [0.2, 0.25) is 0 Å². The van der Waals surface area contributed by atoms with Gasteiger partial charge in [-0.25, -0.2) is 9.97 Å². The first-order chi connectivity index (χ1) is 7.81. The molecule has 0 bridgehead atoms. The highest BCUT2D eigenvalue weighted by Crippen LogP contribution is 2.10. The molecule has 0 aromatic carbocycles. The highest BCUT2D eigenvalue weighted by molar-refractivity contribution is 5.95. The minimum Gasteiger partial charge on any atom is -0.294 e. The molecule has 0 saturated carbocycles. The van der Waals surface area contributed by atoms with Gasteiger partial charge >= 0.3 is 0 Å². The van der Waals surface area contributed by atoms with Gasteiger partial charge in [0.05, 0.1) is 5.56 Å². The molecule has 80 valence electrons. The minimum absolute atomic E-state index is 0.0487. The number of carbonyl (C=O) groups excluding carboxylic acids is 1. The van der Waals surface area contributed by atoms with E-state index in [4.69, 9.17) is 0 Å². The largest absolute Gasteiger partial charge is 0.294 e. The summed E-state index contributed by atoms with van der Waals surface area (Å²) in [5.74, 6) is 0.584. The third kappa shape index (κ3) is 2.11. The van der Waals surface area contributed by atoms with E-state index in [-0.39, 0.29) is 5.78 Å². The first kappa shape index (κ1) is 10.4. The highest BCUT2D eigenvalue weighted by Gasteiger charge is 2.06. The first-order valence-corrected chi connectivity index (χ1v) is 5.08. The van der Waals surface area contributed by atoms with Gasteiger partial charge in [0.25, 0.3) is 0 Å². The summed E-state index contributed by atoms with van der Waals surface area (Å²) in [7, 11) is 0. The lowest BCUT2D eigenvalue weighted by atomic mass is 10.2. The standard InChI is InChI=1S/C12H11N3O/c1-2-11(16)9-7-14-12(15-8-9)10-5-3-4-6-13-10/h3-8H,2H2,1H3. The number of rotatable bonds is 3. The van der Waals surface area contributed by atoms with Crippen molar-refractivity contribution in [3.05, 3.63) is 42.4 Å². The normalized spacial score (nSPS) is 10.1. The summed E-state index contributed by atoms with van der Waals surface area (Å²) in [5, 5.41) is 0. The van der Waals surface area contributed by atoms with Gasteiger partial charge in [-0.1, -0.05) is 13.0 Å². The molecule has 2 heterocycles. The van der Waals surface area contributed by atoms with Gasteiger partial charge in [-0.05, 0) is 12.1 Å². The Morgan fingerprint density at radius 2 is 1.94 bits per heavy atom. The second-order valence-electron chi connectivity index (χ2n) is 3.29. The molecule has 4 heteroatoms. The van der Waals surface area contributed by atoms with Gasteiger partial charge in [0.2, 0.25) is 0 Å². The number of carbonyl (C=O) groups is 1. The molecule has 0 aliphatic carbocycles. The number of ketones is 1. The maximum absolute atomic E-state index is 11.4. The van der Waals surface area contributed by atoms with Crippen molar-refractivity contribution in [2.24, 2.45) is 0 Å². The SMILES string of the molecule is CCC(=O)c1cnc(-c2ccccn2)nc1. The van der Waals surface area contributed by atoms with Crippen molar-refractivity contribution >= 4 is 5.78 Å². The molecule has 0 aliphatic heterocycles. The van der Waals surface area contributed by atoms with Gasteiger partial charge in [0, 0.05) is 25.0 Å². The van der Waals surface area contributed by atoms with Crippen molar-refractivity contribution in [1.29, 1.82) is 0 Å². The molecule has 4 nitrogen and oxygen atoms in total. The summed E-state index contributed by atoms with van der Waals surface area (Å²) in [5.41, 5.74) is 1.25. The summed E-state index contributed by atoms with van der Waals surface area (Å²) >= 11 is 0. The quantitative estimate of drug-likeness (QED) is 0.733. The zero-order chi connectivity index (χ0) is 11.4. The molecule has 2 aromatic rings. The monoisotopic (exact) mass is 213 g/mol. The van der Waals surface area contributed by atoms with E-state index in [2.05, 4.69) is 15.0 Å². The zero-order valence-corrected chi connectivity index (χ0v) is 8.92. The summed E-state index contributed by atoms with van der Waals surface area (Å²) < 4.78 is 0. The molecule has 0 fully saturated rings. The number of hydrogen-bond donors (Lipinski definition) is 0. The fourth-order valence-corrected chi connectivity index (χ4v) is 1.30. The molecule has 2 rings (SSSR count). The third-order valence-electron chi connectivity index (χ3n) is 2.19. The van der Waals surface area contributed by atoms with Crippen molar-refractivity contribution in [2.75, 3.05) is 0 Å². The van der Waals surface area contributed by atoms with E-state index in [1.165, 1.54) is 0 Å². The smallest absolute Gasteiger partial charge is 0.178 e. The Morgan fingerprint density at radius 1 is 1.19 bits per heavy atom. The van der Waals surface area contributed by atoms with Crippen molar-refractivity contribution in [2.45, 2.75) is 13.3 Å². The predicted octanol–water partition coefficient (Wildman–Crippen LogP) is 2.13. The zero-order valence-electron chi connectivity index (χ0n) is 8.92. The van der Waals surface area contributed by atoms with Crippen LogP contribution in [0.15, 0.2) is 36.8 Å². The second-order valence-corrected chi connectivity index (χ2v) is 3.29. The molecule has 0 aliphatic rings. The molecule has 0 saturated heterocycles. The average molecular weight is 213 g/mol. The Morgan fingerprint density at radius 3 is 2.50 bits per heavy atom. The van der Waals surface area contributed by atoms with Crippen molar-refractivity contribution in [3.63, 3.8) is 0 Å². The molecule has 16 heavy (non-hydrogen) atoms. The fourth-order valence-electron chi connectivity index (χ4n) is 1.30. The van der Waals surface area contributed by atoms with E-state index in [1.807, 2.05) is 25.1 Å². The lowest BCUT2D eigenvalue weighted by Gasteiger charge is -1.99. The Bertz CT molecular complexity index is 479. The fraction of sp³-hybridized carbons (Fsp3) is 0.167. The Labute approximate surface area is 93.4 Å². The molecule has 0 N–H and O–H groups in total. The lowest BCUT2D eigenvalue weighted by Crippen LogP contribution is -2.00. The molecule has 0 atom stereocenters. The molecule has 0 spiro atoms. The summed E-state index contributed by atoms with van der Waals surface area (Å²) in [4.78, 5) is 23.7. The van der Waals surface area contributed by atoms with E-state index in [9.17, 15) is 4.79 Å². The van der Waals surface area contributed by atoms with Gasteiger partial charge in [-0.3, -0.25) is 9.78 Å². The first-order valence-electron chi connectivity index (χ1n) is 5.08. The number of Topliss-reactive ketones (excluding diaryl/α,β-unsaturated/α-hetero) is 1. The van der Waals surface area contributed by atoms with Crippen LogP contribution in [0.4, 0.5) is 0 Å². The third-order valence-corrected chi connectivity index (χ3v) is 2.19. The molecule has 0 unspecified atom stereocenters. The van der Waals surface area contributed by atoms with Crippen LogP contribution in [-0.4, -0.2) is 20.7 Å². The van der Waals surface area contributed by atoms with Crippen LogP contribution in [0.25, 0.3) is 11.5 Å². The van der Waals surface area contributed by atoms with E-state index >= 15 is 0 Å². The van der Waals surface area contributed by atoms with E-state index in [0.29, 0.717) is 23.5 Å². The number of aromatic nitrogens is 3. The highest BCUT2D eigenvalue weighted by atomic mass is 16.1. The molecule has 0 radical (unpaired) electrons. The van der Waals surface area contributed by atoms with Crippen LogP contribution >= 0.6 is 0 Å². The maximum atomic E-state index is 11.4. The summed E-state index contributed by atoms with van der Waals surface area (Å²) in [6, 6.07) is 5.53. The summed E-state index contributed by atoms with van der Waals surface area (Å²) in [6.07, 6.45) is 5.24. The molecule has 2 aromatic heterocycles. The van der Waals surface area contributed by atoms with Crippen LogP contribution in [0.1, 0.15) is 23.7 Å². The van der Waals surface area contributed by atoms with E-state index in [1.54, 1.807) is 18.6 Å². The van der Waals surface area contributed by atoms with Crippen LogP contribution in [-0.2, 0) is 0 Å².